The molecular weight excluding hydrogens is 248 g/mol. The number of aliphatic carboxylic acids is 1. The van der Waals surface area contributed by atoms with Crippen LogP contribution in [0.5, 0.6) is 0 Å². The molecule has 1 aromatic heterocycles. The number of nitrogens with zero attached hydrogens (tertiary/aromatic N) is 2. The molecule has 0 radical (unpaired) electrons. The normalized spacial score (nSPS) is 11.8. The molecule has 0 aliphatic carbocycles. The van der Waals surface area contributed by atoms with Gasteiger partial charge in [-0.1, -0.05) is 0 Å². The average molecular weight is 268 g/mol. The maximum Gasteiger partial charge on any atom is 0.328 e. The molecule has 0 bridgehead atoms. The molecule has 1 N–H and O–H groups in total. The van der Waals surface area contributed by atoms with Gasteiger partial charge < -0.3 is 14.9 Å². The highest BCUT2D eigenvalue weighted by Gasteiger charge is 2.03. The Kier molecular flexibility index (Phi) is 6.04. The molecule has 0 aromatic carbocycles. The molecule has 0 unspecified atom stereocenters. The van der Waals surface area contributed by atoms with E-state index in [1.54, 1.807) is 17.4 Å². The molecule has 0 amide bonds. The highest BCUT2D eigenvalue weighted by molar-refractivity contribution is 7.10. The molecular formula is C13H20N2O2S. The number of likely N-dealkylation sites (N-methyl/N-ethyl adjacent to an activating group) is 2. The van der Waals surface area contributed by atoms with Gasteiger partial charge >= 0.3 is 5.97 Å². The molecule has 4 nitrogen and oxygen atoms in total. The maximum absolute atomic E-state index is 10.4. The Labute approximate surface area is 112 Å². The van der Waals surface area contributed by atoms with E-state index in [-0.39, 0.29) is 0 Å². The van der Waals surface area contributed by atoms with Crippen molar-refractivity contribution in [3.8, 4) is 0 Å². The molecule has 100 valence electrons. The molecule has 0 fully saturated rings. The molecule has 0 saturated carbocycles. The van der Waals surface area contributed by atoms with Crippen molar-refractivity contribution in [3.63, 3.8) is 0 Å². The number of rotatable bonds is 7. The summed E-state index contributed by atoms with van der Waals surface area (Å²) in [6, 6.07) is 2.04. The van der Waals surface area contributed by atoms with E-state index < -0.39 is 5.97 Å². The lowest BCUT2D eigenvalue weighted by atomic mass is 10.3. The summed E-state index contributed by atoms with van der Waals surface area (Å²) in [6.07, 6.45) is 2.80. The second-order valence-corrected chi connectivity index (χ2v) is 5.55. The summed E-state index contributed by atoms with van der Waals surface area (Å²) in [7, 11) is 6.22. The Bertz CT molecular complexity index is 413. The van der Waals surface area contributed by atoms with Crippen LogP contribution in [-0.4, -0.2) is 55.1 Å². The first-order valence-electron chi connectivity index (χ1n) is 5.79. The van der Waals surface area contributed by atoms with Gasteiger partial charge in [0.25, 0.3) is 0 Å². The summed E-state index contributed by atoms with van der Waals surface area (Å²) in [5, 5.41) is 10.5. The lowest BCUT2D eigenvalue weighted by Gasteiger charge is -2.18. The van der Waals surface area contributed by atoms with E-state index in [2.05, 4.69) is 30.9 Å². The molecule has 18 heavy (non-hydrogen) atoms. The van der Waals surface area contributed by atoms with Gasteiger partial charge in [-0.25, -0.2) is 4.79 Å². The van der Waals surface area contributed by atoms with Crippen molar-refractivity contribution in [2.24, 2.45) is 0 Å². The van der Waals surface area contributed by atoms with Gasteiger partial charge in [0.1, 0.15) is 0 Å². The van der Waals surface area contributed by atoms with Crippen LogP contribution in [0.4, 0.5) is 0 Å². The van der Waals surface area contributed by atoms with E-state index in [4.69, 9.17) is 5.11 Å². The second-order valence-electron chi connectivity index (χ2n) is 4.56. The van der Waals surface area contributed by atoms with Crippen LogP contribution in [0, 0.1) is 0 Å². The third-order valence-corrected chi connectivity index (χ3v) is 3.39. The fourth-order valence-corrected chi connectivity index (χ4v) is 2.38. The summed E-state index contributed by atoms with van der Waals surface area (Å²) in [5.74, 6) is -0.911. The Morgan fingerprint density at radius 3 is 2.72 bits per heavy atom. The van der Waals surface area contributed by atoms with E-state index in [1.165, 1.54) is 11.0 Å². The zero-order chi connectivity index (χ0) is 13.5. The zero-order valence-corrected chi connectivity index (χ0v) is 11.9. The molecule has 0 saturated heterocycles. The quantitative estimate of drug-likeness (QED) is 0.766. The summed E-state index contributed by atoms with van der Waals surface area (Å²) in [4.78, 5) is 16.1. The molecule has 1 aromatic rings. The monoisotopic (exact) mass is 268 g/mol. The number of carboxylic acid groups (broad SMARTS) is 1. The van der Waals surface area contributed by atoms with Crippen LogP contribution < -0.4 is 0 Å². The second kappa shape index (κ2) is 7.31. The highest BCUT2D eigenvalue weighted by atomic mass is 32.1. The van der Waals surface area contributed by atoms with Crippen molar-refractivity contribution >= 4 is 23.4 Å². The largest absolute Gasteiger partial charge is 0.478 e. The van der Waals surface area contributed by atoms with E-state index >= 15 is 0 Å². The van der Waals surface area contributed by atoms with Crippen LogP contribution in [0.2, 0.25) is 0 Å². The molecule has 0 spiro atoms. The number of thiophene rings is 1. The maximum atomic E-state index is 10.4. The topological polar surface area (TPSA) is 43.8 Å². The van der Waals surface area contributed by atoms with Crippen molar-refractivity contribution in [2.75, 3.05) is 34.2 Å². The van der Waals surface area contributed by atoms with E-state index in [0.29, 0.717) is 0 Å². The predicted molar refractivity (Wildman–Crippen MR) is 75.9 cm³/mol. The van der Waals surface area contributed by atoms with Crippen LogP contribution in [-0.2, 0) is 11.3 Å². The van der Waals surface area contributed by atoms with Gasteiger partial charge in [-0.2, -0.15) is 0 Å². The van der Waals surface area contributed by atoms with Gasteiger partial charge in [-0.15, -0.1) is 11.3 Å². The van der Waals surface area contributed by atoms with Gasteiger partial charge in [0.05, 0.1) is 0 Å². The average Bonchev–Trinajstić information content (AvgIpc) is 2.71. The SMILES string of the molecule is CN(C)CCN(C)Cc1cc(/C=C/C(=O)O)cs1. The van der Waals surface area contributed by atoms with E-state index in [9.17, 15) is 4.79 Å². The lowest BCUT2D eigenvalue weighted by Crippen LogP contribution is -2.28. The Morgan fingerprint density at radius 1 is 1.39 bits per heavy atom. The van der Waals surface area contributed by atoms with Crippen LogP contribution in [0.15, 0.2) is 17.5 Å². The minimum absolute atomic E-state index is 0.902. The van der Waals surface area contributed by atoms with E-state index in [1.807, 2.05) is 11.4 Å². The van der Waals surface area contributed by atoms with Crippen molar-refractivity contribution in [1.29, 1.82) is 0 Å². The van der Waals surface area contributed by atoms with Crippen molar-refractivity contribution in [1.82, 2.24) is 9.80 Å². The molecule has 0 aliphatic heterocycles. The standard InChI is InChI=1S/C13H20N2O2S/c1-14(2)6-7-15(3)9-12-8-11(10-18-12)4-5-13(16)17/h4-5,8,10H,6-7,9H2,1-3H3,(H,16,17)/b5-4+. The summed E-state index contributed by atoms with van der Waals surface area (Å²) in [5.41, 5.74) is 0.957. The van der Waals surface area contributed by atoms with Gasteiger partial charge in [-0.3, -0.25) is 0 Å². The van der Waals surface area contributed by atoms with Gasteiger partial charge in [-0.05, 0) is 44.2 Å². The Hall–Kier alpha value is -1.17. The minimum atomic E-state index is -0.911. The van der Waals surface area contributed by atoms with Crippen LogP contribution in [0.25, 0.3) is 6.08 Å². The molecule has 0 aliphatic rings. The molecule has 1 rings (SSSR count). The molecule has 1 heterocycles. The number of hydrogen-bond acceptors (Lipinski definition) is 4. The number of carbonyl (C=O) groups is 1. The summed E-state index contributed by atoms with van der Waals surface area (Å²) in [6.45, 7) is 2.96. The summed E-state index contributed by atoms with van der Waals surface area (Å²) >= 11 is 1.66. The minimum Gasteiger partial charge on any atom is -0.478 e. The summed E-state index contributed by atoms with van der Waals surface area (Å²) < 4.78 is 0. The predicted octanol–water partition coefficient (Wildman–Crippen LogP) is 1.84. The fraction of sp³-hybridized carbons (Fsp3) is 0.462. The first-order valence-corrected chi connectivity index (χ1v) is 6.67. The van der Waals surface area contributed by atoms with Gasteiger partial charge in [0.2, 0.25) is 0 Å². The zero-order valence-electron chi connectivity index (χ0n) is 11.1. The van der Waals surface area contributed by atoms with Gasteiger partial charge in [0.15, 0.2) is 0 Å². The number of hydrogen-bond donors (Lipinski definition) is 1. The van der Waals surface area contributed by atoms with Crippen LogP contribution >= 0.6 is 11.3 Å². The van der Waals surface area contributed by atoms with Gasteiger partial charge in [0, 0.05) is 30.6 Å². The Morgan fingerprint density at radius 2 is 2.11 bits per heavy atom. The number of carboxylic acids is 1. The first kappa shape index (κ1) is 14.9. The lowest BCUT2D eigenvalue weighted by molar-refractivity contribution is -0.131. The van der Waals surface area contributed by atoms with Crippen LogP contribution in [0.3, 0.4) is 0 Å². The Balaban J connectivity index is 2.45. The van der Waals surface area contributed by atoms with Crippen molar-refractivity contribution < 1.29 is 9.90 Å². The molecule has 0 atom stereocenters. The van der Waals surface area contributed by atoms with E-state index in [0.717, 1.165) is 25.2 Å². The molecule has 5 heteroatoms. The van der Waals surface area contributed by atoms with Crippen LogP contribution in [0.1, 0.15) is 10.4 Å². The van der Waals surface area contributed by atoms with Crippen molar-refractivity contribution in [2.45, 2.75) is 6.54 Å². The van der Waals surface area contributed by atoms with Crippen molar-refractivity contribution in [3.05, 3.63) is 28.0 Å². The third kappa shape index (κ3) is 5.95. The first-order chi connectivity index (χ1) is 8.47. The smallest absolute Gasteiger partial charge is 0.328 e. The highest BCUT2D eigenvalue weighted by Crippen LogP contribution is 2.17. The fourth-order valence-electron chi connectivity index (χ4n) is 1.45. The third-order valence-electron chi connectivity index (χ3n) is 2.45.